The number of ether oxygens (including phenoxy) is 1. The third kappa shape index (κ3) is 2.46. The van der Waals surface area contributed by atoms with Crippen molar-refractivity contribution in [1.82, 2.24) is 9.97 Å². The molecule has 0 aliphatic heterocycles. The smallest absolute Gasteiger partial charge is 0.161 e. The molecule has 2 aromatic rings. The van der Waals surface area contributed by atoms with Crippen LogP contribution in [0.3, 0.4) is 0 Å². The Bertz CT molecular complexity index is 572. The molecule has 0 aliphatic carbocycles. The first-order valence-electron chi connectivity index (χ1n) is 5.52. The van der Waals surface area contributed by atoms with Gasteiger partial charge in [0, 0.05) is 12.6 Å². The second-order valence-electron chi connectivity index (χ2n) is 3.78. The second-order valence-corrected chi connectivity index (χ2v) is 4.57. The number of nitrogens with zero attached hydrogens (tertiary/aromatic N) is 2. The minimum Gasteiger partial charge on any atom is -0.497 e. The van der Waals surface area contributed by atoms with Crippen LogP contribution in [0.2, 0.25) is 0 Å². The molecule has 1 heterocycles. The first-order valence-corrected chi connectivity index (χ1v) is 6.31. The van der Waals surface area contributed by atoms with Crippen LogP contribution in [0.15, 0.2) is 28.7 Å². The van der Waals surface area contributed by atoms with Crippen molar-refractivity contribution in [2.24, 2.45) is 0 Å². The summed E-state index contributed by atoms with van der Waals surface area (Å²) in [6.07, 6.45) is 0. The van der Waals surface area contributed by atoms with E-state index < -0.39 is 0 Å². The molecule has 0 aliphatic rings. The van der Waals surface area contributed by atoms with Gasteiger partial charge >= 0.3 is 0 Å². The zero-order chi connectivity index (χ0) is 13.1. The number of nitrogens with one attached hydrogen (secondary N) is 1. The van der Waals surface area contributed by atoms with Crippen molar-refractivity contribution in [3.05, 3.63) is 34.4 Å². The summed E-state index contributed by atoms with van der Waals surface area (Å²) in [5.41, 5.74) is 1.83. The molecule has 18 heavy (non-hydrogen) atoms. The maximum atomic E-state index is 5.21. The van der Waals surface area contributed by atoms with Gasteiger partial charge in [-0.25, -0.2) is 9.97 Å². The normalized spacial score (nSPS) is 10.2. The molecule has 0 unspecified atom stereocenters. The second kappa shape index (κ2) is 5.35. The maximum absolute atomic E-state index is 5.21. The largest absolute Gasteiger partial charge is 0.497 e. The molecule has 5 heteroatoms. The van der Waals surface area contributed by atoms with E-state index in [2.05, 4.69) is 31.2 Å². The van der Waals surface area contributed by atoms with Gasteiger partial charge < -0.3 is 10.1 Å². The van der Waals surface area contributed by atoms with Crippen molar-refractivity contribution in [2.75, 3.05) is 19.5 Å². The third-order valence-corrected chi connectivity index (χ3v) is 3.53. The van der Waals surface area contributed by atoms with Crippen LogP contribution in [-0.4, -0.2) is 24.1 Å². The van der Waals surface area contributed by atoms with Gasteiger partial charge in [0.05, 0.1) is 17.3 Å². The molecule has 0 radical (unpaired) electrons. The van der Waals surface area contributed by atoms with Gasteiger partial charge in [0.15, 0.2) is 5.82 Å². The predicted octanol–water partition coefficient (Wildman–Crippen LogP) is 3.26. The van der Waals surface area contributed by atoms with E-state index in [0.29, 0.717) is 5.82 Å². The first-order chi connectivity index (χ1) is 8.65. The van der Waals surface area contributed by atoms with E-state index in [-0.39, 0.29) is 0 Å². The molecule has 0 spiro atoms. The standard InChI is InChI=1S/C13H14BrN3O/c1-8-11(14)13(15-2)17-12(16-8)9-5-4-6-10(7-9)18-3/h4-7H,1-3H3,(H,15,16,17). The SMILES string of the molecule is CNc1nc(-c2cccc(OC)c2)nc(C)c1Br. The number of methoxy groups -OCH3 is 1. The number of rotatable bonds is 3. The van der Waals surface area contributed by atoms with Crippen molar-refractivity contribution in [1.29, 1.82) is 0 Å². The molecule has 1 N–H and O–H groups in total. The molecule has 4 nitrogen and oxygen atoms in total. The Morgan fingerprint density at radius 2 is 2.06 bits per heavy atom. The summed E-state index contributed by atoms with van der Waals surface area (Å²) in [5.74, 6) is 2.25. The maximum Gasteiger partial charge on any atom is 0.161 e. The van der Waals surface area contributed by atoms with Crippen LogP contribution in [0.1, 0.15) is 5.69 Å². The number of anilines is 1. The van der Waals surface area contributed by atoms with E-state index in [1.165, 1.54) is 0 Å². The summed E-state index contributed by atoms with van der Waals surface area (Å²) in [6.45, 7) is 1.94. The van der Waals surface area contributed by atoms with Gasteiger partial charge in [-0.2, -0.15) is 0 Å². The summed E-state index contributed by atoms with van der Waals surface area (Å²) in [5, 5.41) is 3.05. The Morgan fingerprint density at radius 1 is 1.28 bits per heavy atom. The zero-order valence-electron chi connectivity index (χ0n) is 10.5. The Kier molecular flexibility index (Phi) is 3.81. The lowest BCUT2D eigenvalue weighted by Crippen LogP contribution is -2.00. The zero-order valence-corrected chi connectivity index (χ0v) is 12.1. The Labute approximate surface area is 115 Å². The number of aryl methyl sites for hydroxylation is 1. The molecule has 2 rings (SSSR count). The van der Waals surface area contributed by atoms with Gasteiger partial charge in [-0.05, 0) is 35.0 Å². The highest BCUT2D eigenvalue weighted by molar-refractivity contribution is 9.10. The molecular weight excluding hydrogens is 294 g/mol. The minimum absolute atomic E-state index is 0.680. The molecule has 1 aromatic carbocycles. The van der Waals surface area contributed by atoms with Gasteiger partial charge in [-0.1, -0.05) is 12.1 Å². The molecule has 0 saturated carbocycles. The lowest BCUT2D eigenvalue weighted by molar-refractivity contribution is 0.415. The van der Waals surface area contributed by atoms with Crippen molar-refractivity contribution in [3.8, 4) is 17.1 Å². The molecule has 1 aromatic heterocycles. The van der Waals surface area contributed by atoms with Crippen molar-refractivity contribution >= 4 is 21.7 Å². The van der Waals surface area contributed by atoms with Crippen LogP contribution < -0.4 is 10.1 Å². The highest BCUT2D eigenvalue weighted by Gasteiger charge is 2.10. The van der Waals surface area contributed by atoms with Gasteiger partial charge in [-0.3, -0.25) is 0 Å². The molecule has 0 bridgehead atoms. The first kappa shape index (κ1) is 12.8. The monoisotopic (exact) mass is 307 g/mol. The van der Waals surface area contributed by atoms with E-state index in [4.69, 9.17) is 4.74 Å². The third-order valence-electron chi connectivity index (χ3n) is 2.58. The fourth-order valence-electron chi connectivity index (χ4n) is 1.62. The van der Waals surface area contributed by atoms with Crippen molar-refractivity contribution < 1.29 is 4.74 Å². The van der Waals surface area contributed by atoms with Crippen molar-refractivity contribution in [2.45, 2.75) is 6.92 Å². The molecule has 0 fully saturated rings. The van der Waals surface area contributed by atoms with E-state index >= 15 is 0 Å². The van der Waals surface area contributed by atoms with Crippen LogP contribution in [0, 0.1) is 6.92 Å². The van der Waals surface area contributed by atoms with Crippen LogP contribution in [0.4, 0.5) is 5.82 Å². The topological polar surface area (TPSA) is 47.0 Å². The van der Waals surface area contributed by atoms with Gasteiger partial charge in [0.1, 0.15) is 11.6 Å². The van der Waals surface area contributed by atoms with Gasteiger partial charge in [-0.15, -0.1) is 0 Å². The fraction of sp³-hybridized carbons (Fsp3) is 0.231. The van der Waals surface area contributed by atoms with Crippen LogP contribution >= 0.6 is 15.9 Å². The summed E-state index contributed by atoms with van der Waals surface area (Å²) < 4.78 is 6.09. The van der Waals surface area contributed by atoms with Gasteiger partial charge in [0.2, 0.25) is 0 Å². The number of aromatic nitrogens is 2. The van der Waals surface area contributed by atoms with Crippen molar-refractivity contribution in [3.63, 3.8) is 0 Å². The lowest BCUT2D eigenvalue weighted by Gasteiger charge is -2.09. The predicted molar refractivity (Wildman–Crippen MR) is 76.0 cm³/mol. The quantitative estimate of drug-likeness (QED) is 0.945. The van der Waals surface area contributed by atoms with E-state index in [0.717, 1.165) is 27.3 Å². The van der Waals surface area contributed by atoms with E-state index in [1.807, 2.05) is 38.2 Å². The van der Waals surface area contributed by atoms with Crippen LogP contribution in [-0.2, 0) is 0 Å². The molecule has 94 valence electrons. The van der Waals surface area contributed by atoms with Crippen LogP contribution in [0.5, 0.6) is 5.75 Å². The summed E-state index contributed by atoms with van der Waals surface area (Å²) >= 11 is 3.46. The average molecular weight is 308 g/mol. The summed E-state index contributed by atoms with van der Waals surface area (Å²) in [4.78, 5) is 8.95. The number of hydrogen-bond donors (Lipinski definition) is 1. The Hall–Kier alpha value is -1.62. The van der Waals surface area contributed by atoms with Crippen LogP contribution in [0.25, 0.3) is 11.4 Å². The van der Waals surface area contributed by atoms with E-state index in [1.54, 1.807) is 7.11 Å². The summed E-state index contributed by atoms with van der Waals surface area (Å²) in [7, 11) is 3.48. The number of halogens is 1. The highest BCUT2D eigenvalue weighted by atomic mass is 79.9. The number of hydrogen-bond acceptors (Lipinski definition) is 4. The Morgan fingerprint density at radius 3 is 2.72 bits per heavy atom. The Balaban J connectivity index is 2.53. The molecular formula is C13H14BrN3O. The molecule has 0 atom stereocenters. The number of benzene rings is 1. The molecule has 0 saturated heterocycles. The fourth-order valence-corrected chi connectivity index (χ4v) is 1.99. The lowest BCUT2D eigenvalue weighted by atomic mass is 10.2. The minimum atomic E-state index is 0.680. The van der Waals surface area contributed by atoms with E-state index in [9.17, 15) is 0 Å². The summed E-state index contributed by atoms with van der Waals surface area (Å²) in [6, 6.07) is 7.70. The molecule has 0 amide bonds. The average Bonchev–Trinajstić information content (AvgIpc) is 2.41. The van der Waals surface area contributed by atoms with Gasteiger partial charge in [0.25, 0.3) is 0 Å². The highest BCUT2D eigenvalue weighted by Crippen LogP contribution is 2.27.